The highest BCUT2D eigenvalue weighted by Crippen LogP contribution is 2.34. The molecular weight excluding hydrogens is 359 g/mol. The Balaban J connectivity index is 2.10. The minimum Gasteiger partial charge on any atom is -0.456 e. The molecule has 3 rings (SSSR count). The fourth-order valence-corrected chi connectivity index (χ4v) is 3.11. The molecule has 3 aromatic rings. The lowest BCUT2D eigenvalue weighted by atomic mass is 10.2. The lowest BCUT2D eigenvalue weighted by molar-refractivity contribution is 0.235. The van der Waals surface area contributed by atoms with Crippen molar-refractivity contribution in [1.29, 1.82) is 5.26 Å². The standard InChI is InChI=1S/C15H8F3N3O3S/c16-9-3-8(6-19)4-10(5-9)24-12-1-2-13(25(22,23)15(17)18)14-11(12)7-20-21-14/h1-5,7,15H,(H,20,21). The second-order valence-electron chi connectivity index (χ2n) is 4.92. The minimum atomic E-state index is -4.84. The number of H-pyrrole nitrogens is 1. The molecule has 0 saturated carbocycles. The molecule has 0 bridgehead atoms. The Kier molecular flexibility index (Phi) is 4.10. The molecule has 0 atom stereocenters. The van der Waals surface area contributed by atoms with E-state index in [0.29, 0.717) is 0 Å². The molecule has 128 valence electrons. The average Bonchev–Trinajstić information content (AvgIpc) is 3.04. The van der Waals surface area contributed by atoms with Crippen molar-refractivity contribution in [2.75, 3.05) is 0 Å². The Hall–Kier alpha value is -3.06. The van der Waals surface area contributed by atoms with Crippen LogP contribution in [0.5, 0.6) is 11.5 Å². The van der Waals surface area contributed by atoms with Gasteiger partial charge in [-0.25, -0.2) is 12.8 Å². The average molecular weight is 367 g/mol. The van der Waals surface area contributed by atoms with Crippen molar-refractivity contribution >= 4 is 20.7 Å². The minimum absolute atomic E-state index is 0.0106. The van der Waals surface area contributed by atoms with Crippen LogP contribution in [0.1, 0.15) is 5.56 Å². The van der Waals surface area contributed by atoms with Crippen molar-refractivity contribution in [2.24, 2.45) is 0 Å². The zero-order chi connectivity index (χ0) is 18.2. The van der Waals surface area contributed by atoms with Crippen molar-refractivity contribution in [3.8, 4) is 17.6 Å². The molecule has 2 aromatic carbocycles. The maximum Gasteiger partial charge on any atom is 0.341 e. The normalized spacial score (nSPS) is 11.6. The van der Waals surface area contributed by atoms with Crippen LogP contribution in [0.2, 0.25) is 0 Å². The van der Waals surface area contributed by atoms with E-state index < -0.39 is 26.3 Å². The van der Waals surface area contributed by atoms with Crippen LogP contribution in [0.3, 0.4) is 0 Å². The Labute approximate surface area is 139 Å². The smallest absolute Gasteiger partial charge is 0.341 e. The van der Waals surface area contributed by atoms with Gasteiger partial charge in [-0.15, -0.1) is 0 Å². The SMILES string of the molecule is N#Cc1cc(F)cc(Oc2ccc(S(=O)(=O)C(F)F)c3[nH]ncc23)c1. The van der Waals surface area contributed by atoms with Crippen LogP contribution >= 0.6 is 0 Å². The number of sulfone groups is 1. The topological polar surface area (TPSA) is 95.8 Å². The molecule has 0 amide bonds. The van der Waals surface area contributed by atoms with Crippen molar-refractivity contribution in [3.05, 3.63) is 47.9 Å². The number of aromatic nitrogens is 2. The molecule has 0 fully saturated rings. The van der Waals surface area contributed by atoms with Crippen LogP contribution in [0.4, 0.5) is 13.2 Å². The molecule has 25 heavy (non-hydrogen) atoms. The Morgan fingerprint density at radius 1 is 1.24 bits per heavy atom. The first-order valence-electron chi connectivity index (χ1n) is 6.69. The summed E-state index contributed by atoms with van der Waals surface area (Å²) in [5.74, 6) is -4.24. The van der Waals surface area contributed by atoms with Gasteiger partial charge in [-0.2, -0.15) is 19.1 Å². The van der Waals surface area contributed by atoms with Crippen LogP contribution in [0.15, 0.2) is 41.4 Å². The number of halogens is 3. The predicted molar refractivity (Wildman–Crippen MR) is 80.5 cm³/mol. The number of fused-ring (bicyclic) bond motifs is 1. The molecule has 0 aliphatic heterocycles. The summed E-state index contributed by atoms with van der Waals surface area (Å²) in [4.78, 5) is -0.626. The number of alkyl halides is 2. The lowest BCUT2D eigenvalue weighted by Crippen LogP contribution is -2.12. The van der Waals surface area contributed by atoms with E-state index >= 15 is 0 Å². The Morgan fingerprint density at radius 2 is 2.00 bits per heavy atom. The number of aromatic amines is 1. The van der Waals surface area contributed by atoms with Gasteiger partial charge in [0.1, 0.15) is 17.3 Å². The van der Waals surface area contributed by atoms with Gasteiger partial charge in [0, 0.05) is 6.07 Å². The largest absolute Gasteiger partial charge is 0.456 e. The van der Waals surface area contributed by atoms with Crippen molar-refractivity contribution in [2.45, 2.75) is 10.7 Å². The van der Waals surface area contributed by atoms with Gasteiger partial charge in [0.2, 0.25) is 9.84 Å². The molecule has 0 aliphatic rings. The third kappa shape index (κ3) is 3.01. The molecule has 0 radical (unpaired) electrons. The van der Waals surface area contributed by atoms with Crippen molar-refractivity contribution < 1.29 is 26.3 Å². The summed E-state index contributed by atoms with van der Waals surface area (Å²) in [6, 6.07) is 7.18. The number of ether oxygens (including phenoxy) is 1. The number of nitrogens with zero attached hydrogens (tertiary/aromatic N) is 2. The maximum atomic E-state index is 13.5. The Bertz CT molecular complexity index is 1100. The third-order valence-corrected chi connectivity index (χ3v) is 4.73. The van der Waals surface area contributed by atoms with Gasteiger partial charge in [0.25, 0.3) is 0 Å². The highest BCUT2D eigenvalue weighted by atomic mass is 32.2. The van der Waals surface area contributed by atoms with Crippen LogP contribution in [0.25, 0.3) is 10.9 Å². The summed E-state index contributed by atoms with van der Waals surface area (Å²) in [5, 5.41) is 14.9. The molecule has 0 aliphatic carbocycles. The van der Waals surface area contributed by atoms with Gasteiger partial charge < -0.3 is 4.74 Å². The van der Waals surface area contributed by atoms with E-state index in [-0.39, 0.29) is 28.0 Å². The number of rotatable bonds is 4. The van der Waals surface area contributed by atoms with Crippen molar-refractivity contribution in [3.63, 3.8) is 0 Å². The zero-order valence-corrected chi connectivity index (χ0v) is 13.0. The van der Waals surface area contributed by atoms with E-state index in [9.17, 15) is 21.6 Å². The summed E-state index contributed by atoms with van der Waals surface area (Å²) in [5.41, 5.74) is -0.134. The van der Waals surface area contributed by atoms with Crippen LogP contribution in [-0.4, -0.2) is 24.4 Å². The van der Waals surface area contributed by atoms with Gasteiger partial charge in [0.05, 0.1) is 33.6 Å². The molecule has 10 heteroatoms. The van der Waals surface area contributed by atoms with E-state index in [0.717, 1.165) is 24.3 Å². The number of nitrogens with one attached hydrogen (secondary N) is 1. The molecule has 0 saturated heterocycles. The quantitative estimate of drug-likeness (QED) is 0.763. The number of nitriles is 1. The van der Waals surface area contributed by atoms with E-state index in [1.165, 1.54) is 12.3 Å². The van der Waals surface area contributed by atoms with Gasteiger partial charge >= 0.3 is 5.76 Å². The first-order valence-corrected chi connectivity index (χ1v) is 8.24. The van der Waals surface area contributed by atoms with Crippen LogP contribution in [0, 0.1) is 17.1 Å². The summed E-state index contributed by atoms with van der Waals surface area (Å²) in [6.45, 7) is 0. The highest BCUT2D eigenvalue weighted by Gasteiger charge is 2.30. The third-order valence-electron chi connectivity index (χ3n) is 3.31. The molecule has 1 aromatic heterocycles. The van der Waals surface area contributed by atoms with Gasteiger partial charge in [0.15, 0.2) is 0 Å². The van der Waals surface area contributed by atoms with Gasteiger partial charge in [-0.1, -0.05) is 0 Å². The monoisotopic (exact) mass is 367 g/mol. The molecular formula is C15H8F3N3O3S. The first-order chi connectivity index (χ1) is 11.8. The van der Waals surface area contributed by atoms with Crippen molar-refractivity contribution in [1.82, 2.24) is 10.2 Å². The van der Waals surface area contributed by atoms with E-state index in [2.05, 4.69) is 10.2 Å². The van der Waals surface area contributed by atoms with E-state index in [4.69, 9.17) is 10.00 Å². The molecule has 1 N–H and O–H groups in total. The maximum absolute atomic E-state index is 13.5. The molecule has 6 nitrogen and oxygen atoms in total. The highest BCUT2D eigenvalue weighted by molar-refractivity contribution is 7.92. The molecule has 0 spiro atoms. The number of hydrogen-bond donors (Lipinski definition) is 1. The van der Waals surface area contributed by atoms with E-state index in [1.54, 1.807) is 6.07 Å². The lowest BCUT2D eigenvalue weighted by Gasteiger charge is -2.10. The zero-order valence-electron chi connectivity index (χ0n) is 12.2. The molecule has 0 unspecified atom stereocenters. The second-order valence-corrected chi connectivity index (χ2v) is 6.80. The van der Waals surface area contributed by atoms with E-state index in [1.807, 2.05) is 0 Å². The van der Waals surface area contributed by atoms with Crippen LogP contribution < -0.4 is 4.74 Å². The summed E-state index contributed by atoms with van der Waals surface area (Å²) >= 11 is 0. The summed E-state index contributed by atoms with van der Waals surface area (Å²) in [7, 11) is -4.84. The fraction of sp³-hybridized carbons (Fsp3) is 0.0667. The summed E-state index contributed by atoms with van der Waals surface area (Å²) in [6.07, 6.45) is 1.19. The van der Waals surface area contributed by atoms with Crippen LogP contribution in [-0.2, 0) is 9.84 Å². The number of benzene rings is 2. The first kappa shape index (κ1) is 16.8. The fourth-order valence-electron chi connectivity index (χ4n) is 2.22. The number of hydrogen-bond acceptors (Lipinski definition) is 5. The second kappa shape index (κ2) is 6.10. The summed E-state index contributed by atoms with van der Waals surface area (Å²) < 4.78 is 67.9. The van der Waals surface area contributed by atoms with Gasteiger partial charge in [-0.05, 0) is 24.3 Å². The predicted octanol–water partition coefficient (Wildman–Crippen LogP) is 3.36. The van der Waals surface area contributed by atoms with Gasteiger partial charge in [-0.3, -0.25) is 5.10 Å². The molecule has 1 heterocycles. The Morgan fingerprint density at radius 3 is 2.68 bits per heavy atom.